The summed E-state index contributed by atoms with van der Waals surface area (Å²) in [6.07, 6.45) is 1.62. The summed E-state index contributed by atoms with van der Waals surface area (Å²) in [5, 5.41) is 2.15. The maximum atomic E-state index is 13.1. The lowest BCUT2D eigenvalue weighted by molar-refractivity contribution is -0.123. The zero-order chi connectivity index (χ0) is 28.2. The van der Waals surface area contributed by atoms with Crippen molar-refractivity contribution in [3.63, 3.8) is 0 Å². The van der Waals surface area contributed by atoms with Crippen LogP contribution in [0, 0.1) is 3.57 Å². The van der Waals surface area contributed by atoms with Crippen LogP contribution >= 0.6 is 46.0 Å². The number of esters is 1. The standard InChI is InChI=1S/C30H21ClINO6S/c1-37-25-16-18(15-23(32)27(25)39-29(35)20-9-11-21(31)12-10-20)17-26-28(34)33(30(36)40-26)13-14-38-24-8-4-6-19-5-2-3-7-22(19)24/h2-12,15-17H,13-14H2,1H3/b26-17-. The number of halogens is 2. The van der Waals surface area contributed by atoms with E-state index >= 15 is 0 Å². The van der Waals surface area contributed by atoms with E-state index in [4.69, 9.17) is 25.8 Å². The van der Waals surface area contributed by atoms with Gasteiger partial charge in [-0.05, 0) is 93.8 Å². The summed E-state index contributed by atoms with van der Waals surface area (Å²) in [6, 6.07) is 23.3. The van der Waals surface area contributed by atoms with Gasteiger partial charge in [0.05, 0.1) is 27.7 Å². The van der Waals surface area contributed by atoms with Gasteiger partial charge in [-0.25, -0.2) is 4.79 Å². The van der Waals surface area contributed by atoms with Crippen molar-refractivity contribution in [2.24, 2.45) is 0 Å². The van der Waals surface area contributed by atoms with Crippen molar-refractivity contribution in [2.45, 2.75) is 0 Å². The van der Waals surface area contributed by atoms with Gasteiger partial charge in [0.1, 0.15) is 12.4 Å². The van der Waals surface area contributed by atoms with Gasteiger partial charge in [0.2, 0.25) is 0 Å². The van der Waals surface area contributed by atoms with Crippen molar-refractivity contribution in [1.82, 2.24) is 4.90 Å². The van der Waals surface area contributed by atoms with E-state index in [1.165, 1.54) is 12.0 Å². The Morgan fingerprint density at radius 3 is 2.52 bits per heavy atom. The second-order valence-corrected chi connectivity index (χ2v) is 11.2. The molecule has 10 heteroatoms. The molecule has 0 spiro atoms. The summed E-state index contributed by atoms with van der Waals surface area (Å²) < 4.78 is 17.6. The van der Waals surface area contributed by atoms with Crippen LogP contribution in [0.5, 0.6) is 17.2 Å². The summed E-state index contributed by atoms with van der Waals surface area (Å²) in [5.74, 6) is 0.289. The van der Waals surface area contributed by atoms with Crippen LogP contribution < -0.4 is 14.2 Å². The predicted molar refractivity (Wildman–Crippen MR) is 164 cm³/mol. The van der Waals surface area contributed by atoms with Crippen molar-refractivity contribution in [2.75, 3.05) is 20.3 Å². The number of carbonyl (C=O) groups is 3. The molecule has 2 amide bonds. The molecule has 4 aromatic rings. The number of thioether (sulfide) groups is 1. The SMILES string of the molecule is COc1cc(/C=C2\SC(=O)N(CCOc3cccc4ccccc34)C2=O)cc(I)c1OC(=O)c1ccc(Cl)cc1. The molecular weight excluding hydrogens is 665 g/mol. The van der Waals surface area contributed by atoms with Gasteiger partial charge in [-0.3, -0.25) is 14.5 Å². The van der Waals surface area contributed by atoms with Crippen LogP contribution in [0.1, 0.15) is 15.9 Å². The van der Waals surface area contributed by atoms with Crippen LogP contribution in [0.3, 0.4) is 0 Å². The lowest BCUT2D eigenvalue weighted by Crippen LogP contribution is -2.32. The van der Waals surface area contributed by atoms with Gasteiger partial charge in [-0.1, -0.05) is 48.0 Å². The van der Waals surface area contributed by atoms with E-state index in [9.17, 15) is 14.4 Å². The quantitative estimate of drug-likeness (QED) is 0.0826. The highest BCUT2D eigenvalue weighted by Crippen LogP contribution is 2.38. The Bertz CT molecular complexity index is 1650. The van der Waals surface area contributed by atoms with Crippen molar-refractivity contribution < 1.29 is 28.6 Å². The Hall–Kier alpha value is -3.54. The Kier molecular flexibility index (Phi) is 8.63. The first-order chi connectivity index (χ1) is 19.3. The summed E-state index contributed by atoms with van der Waals surface area (Å²) in [5.41, 5.74) is 0.953. The van der Waals surface area contributed by atoms with Crippen LogP contribution in [0.2, 0.25) is 5.02 Å². The number of hydrogen-bond donors (Lipinski definition) is 0. The van der Waals surface area contributed by atoms with E-state index in [1.54, 1.807) is 42.5 Å². The molecule has 0 saturated carbocycles. The molecule has 1 aliphatic rings. The van der Waals surface area contributed by atoms with Crippen LogP contribution in [-0.4, -0.2) is 42.3 Å². The average molecular weight is 686 g/mol. The van der Waals surface area contributed by atoms with Crippen molar-refractivity contribution in [3.8, 4) is 17.2 Å². The minimum atomic E-state index is -0.563. The number of amides is 2. The van der Waals surface area contributed by atoms with Crippen LogP contribution in [0.25, 0.3) is 16.8 Å². The van der Waals surface area contributed by atoms with E-state index in [0.717, 1.165) is 22.5 Å². The molecule has 5 rings (SSSR count). The first-order valence-corrected chi connectivity index (χ1v) is 14.3. The summed E-state index contributed by atoms with van der Waals surface area (Å²) >= 11 is 8.79. The molecular formula is C30H21ClINO6S. The Balaban J connectivity index is 1.28. The number of carbonyl (C=O) groups excluding carboxylic acids is 3. The number of nitrogens with zero attached hydrogens (tertiary/aromatic N) is 1. The fraction of sp³-hybridized carbons (Fsp3) is 0.100. The molecule has 0 aliphatic carbocycles. The number of hydrogen-bond acceptors (Lipinski definition) is 7. The second kappa shape index (κ2) is 12.3. The number of imide groups is 1. The average Bonchev–Trinajstić information content (AvgIpc) is 3.21. The number of benzene rings is 4. The minimum Gasteiger partial charge on any atom is -0.493 e. The van der Waals surface area contributed by atoms with Gasteiger partial charge in [0, 0.05) is 10.4 Å². The number of rotatable bonds is 8. The van der Waals surface area contributed by atoms with Gasteiger partial charge in [-0.2, -0.15) is 0 Å². The third-order valence-corrected chi connectivity index (χ3v) is 7.98. The highest BCUT2D eigenvalue weighted by molar-refractivity contribution is 14.1. The lowest BCUT2D eigenvalue weighted by atomic mass is 10.1. The van der Waals surface area contributed by atoms with E-state index in [0.29, 0.717) is 31.2 Å². The van der Waals surface area contributed by atoms with Crippen LogP contribution in [0.15, 0.2) is 83.8 Å². The fourth-order valence-electron chi connectivity index (χ4n) is 4.07. The highest BCUT2D eigenvalue weighted by atomic mass is 127. The maximum absolute atomic E-state index is 13.1. The molecule has 0 aromatic heterocycles. The topological polar surface area (TPSA) is 82.1 Å². The number of fused-ring (bicyclic) bond motifs is 1. The van der Waals surface area contributed by atoms with Gasteiger partial charge in [-0.15, -0.1) is 0 Å². The molecule has 4 aromatic carbocycles. The summed E-state index contributed by atoms with van der Waals surface area (Å²) in [4.78, 5) is 39.8. The largest absolute Gasteiger partial charge is 0.493 e. The monoisotopic (exact) mass is 685 g/mol. The van der Waals surface area contributed by atoms with E-state index in [2.05, 4.69) is 0 Å². The van der Waals surface area contributed by atoms with Gasteiger partial charge >= 0.3 is 5.97 Å². The molecule has 0 atom stereocenters. The first kappa shape index (κ1) is 28.0. The second-order valence-electron chi connectivity index (χ2n) is 8.59. The molecule has 0 N–H and O–H groups in total. The van der Waals surface area contributed by atoms with Gasteiger partial charge < -0.3 is 14.2 Å². The van der Waals surface area contributed by atoms with E-state index < -0.39 is 11.9 Å². The number of ether oxygens (including phenoxy) is 3. The molecule has 0 bridgehead atoms. The molecule has 7 nitrogen and oxygen atoms in total. The third-order valence-electron chi connectivity index (χ3n) is 6.02. The van der Waals surface area contributed by atoms with Crippen molar-refractivity contribution in [1.29, 1.82) is 0 Å². The summed E-state index contributed by atoms with van der Waals surface area (Å²) in [7, 11) is 1.46. The molecule has 0 radical (unpaired) electrons. The molecule has 1 fully saturated rings. The van der Waals surface area contributed by atoms with Gasteiger partial charge in [0.15, 0.2) is 11.5 Å². The van der Waals surface area contributed by atoms with E-state index in [-0.39, 0.29) is 29.0 Å². The Morgan fingerprint density at radius 2 is 1.75 bits per heavy atom. The molecule has 1 heterocycles. The van der Waals surface area contributed by atoms with E-state index in [1.807, 2.05) is 65.1 Å². The number of methoxy groups -OCH3 is 1. The van der Waals surface area contributed by atoms with Gasteiger partial charge in [0.25, 0.3) is 11.1 Å². The maximum Gasteiger partial charge on any atom is 0.343 e. The van der Waals surface area contributed by atoms with Crippen molar-refractivity contribution in [3.05, 3.63) is 103 Å². The highest BCUT2D eigenvalue weighted by Gasteiger charge is 2.35. The molecule has 40 heavy (non-hydrogen) atoms. The molecule has 1 saturated heterocycles. The van der Waals surface area contributed by atoms with Crippen LogP contribution in [-0.2, 0) is 4.79 Å². The zero-order valence-electron chi connectivity index (χ0n) is 21.1. The molecule has 202 valence electrons. The Morgan fingerprint density at radius 1 is 1.00 bits per heavy atom. The molecule has 0 unspecified atom stereocenters. The third kappa shape index (κ3) is 6.11. The smallest absolute Gasteiger partial charge is 0.343 e. The minimum absolute atomic E-state index is 0.117. The summed E-state index contributed by atoms with van der Waals surface area (Å²) in [6.45, 7) is 0.282. The first-order valence-electron chi connectivity index (χ1n) is 12.1. The van der Waals surface area contributed by atoms with Crippen LogP contribution in [0.4, 0.5) is 4.79 Å². The Labute approximate surface area is 253 Å². The fourth-order valence-corrected chi connectivity index (χ4v) is 5.80. The normalized spacial score (nSPS) is 14.2. The lowest BCUT2D eigenvalue weighted by Gasteiger charge is -2.14. The van der Waals surface area contributed by atoms with Crippen molar-refractivity contribution >= 4 is 79.9 Å². The predicted octanol–water partition coefficient (Wildman–Crippen LogP) is 7.44. The zero-order valence-corrected chi connectivity index (χ0v) is 24.8. The molecule has 1 aliphatic heterocycles.